The standard InChI is InChI=1S/C33H30Cl2N2O7S/c1-6-43-32(39)29-18(2)36-33-37(30(29)23-11-10-22(40-3)16-26(23)41-4)31(38)28(45-33)14-19-7-12-25(27(13-19)42-5)44-17-20-8-9-21(34)15-24(20)35/h7-16,30H,6,17H2,1-5H3/b28-14-/t30-/m1/s1. The van der Waals surface area contributed by atoms with Crippen LogP contribution in [0.25, 0.3) is 6.08 Å². The average molecular weight is 670 g/mol. The molecule has 5 rings (SSSR count). The predicted octanol–water partition coefficient (Wildman–Crippen LogP) is 5.71. The van der Waals surface area contributed by atoms with E-state index < -0.39 is 12.0 Å². The summed E-state index contributed by atoms with van der Waals surface area (Å²) >= 11 is 13.5. The summed E-state index contributed by atoms with van der Waals surface area (Å²) in [6.45, 7) is 3.83. The number of carbonyl (C=O) groups excluding carboxylic acids is 1. The third-order valence-electron chi connectivity index (χ3n) is 7.14. The summed E-state index contributed by atoms with van der Waals surface area (Å²) < 4.78 is 29.9. The predicted molar refractivity (Wildman–Crippen MR) is 174 cm³/mol. The number of hydrogen-bond donors (Lipinski definition) is 0. The smallest absolute Gasteiger partial charge is 0.338 e. The quantitative estimate of drug-likeness (QED) is 0.200. The molecule has 1 aliphatic rings. The van der Waals surface area contributed by atoms with E-state index in [0.29, 0.717) is 59.2 Å². The molecule has 45 heavy (non-hydrogen) atoms. The average Bonchev–Trinajstić information content (AvgIpc) is 3.33. The zero-order valence-corrected chi connectivity index (χ0v) is 27.5. The molecular weight excluding hydrogens is 639 g/mol. The van der Waals surface area contributed by atoms with E-state index in [1.807, 2.05) is 6.07 Å². The number of allylic oxidation sites excluding steroid dienone is 1. The van der Waals surface area contributed by atoms with Crippen LogP contribution in [-0.2, 0) is 16.1 Å². The van der Waals surface area contributed by atoms with Crippen molar-refractivity contribution < 1.29 is 28.5 Å². The van der Waals surface area contributed by atoms with E-state index in [4.69, 9.17) is 46.9 Å². The van der Waals surface area contributed by atoms with Gasteiger partial charge in [0.15, 0.2) is 16.3 Å². The van der Waals surface area contributed by atoms with Crippen LogP contribution < -0.4 is 33.8 Å². The van der Waals surface area contributed by atoms with E-state index >= 15 is 0 Å². The summed E-state index contributed by atoms with van der Waals surface area (Å²) in [6.07, 6.45) is 1.75. The largest absolute Gasteiger partial charge is 0.497 e. The lowest BCUT2D eigenvalue weighted by molar-refractivity contribution is -0.139. The lowest BCUT2D eigenvalue weighted by atomic mass is 9.95. The third kappa shape index (κ3) is 6.58. The van der Waals surface area contributed by atoms with Gasteiger partial charge in [0.25, 0.3) is 5.56 Å². The Morgan fingerprint density at radius 3 is 2.44 bits per heavy atom. The number of hydrogen-bond acceptors (Lipinski definition) is 9. The van der Waals surface area contributed by atoms with Crippen molar-refractivity contribution >= 4 is 46.6 Å². The van der Waals surface area contributed by atoms with Gasteiger partial charge in [0, 0.05) is 27.2 Å². The molecule has 1 atom stereocenters. The fraction of sp³-hybridized carbons (Fsp3) is 0.242. The van der Waals surface area contributed by atoms with Crippen LogP contribution in [0, 0.1) is 0 Å². The lowest BCUT2D eigenvalue weighted by Crippen LogP contribution is -2.40. The minimum Gasteiger partial charge on any atom is -0.497 e. The number of methoxy groups -OCH3 is 3. The van der Waals surface area contributed by atoms with Crippen molar-refractivity contribution in [2.45, 2.75) is 26.5 Å². The summed E-state index contributed by atoms with van der Waals surface area (Å²) in [7, 11) is 4.61. The third-order valence-corrected chi connectivity index (χ3v) is 8.71. The maximum absolute atomic E-state index is 14.1. The highest BCUT2D eigenvalue weighted by Crippen LogP contribution is 2.38. The summed E-state index contributed by atoms with van der Waals surface area (Å²) in [6, 6.07) is 15.0. The number of nitrogens with zero attached hydrogens (tertiary/aromatic N) is 2. The Morgan fingerprint density at radius 1 is 0.978 bits per heavy atom. The molecule has 0 unspecified atom stereocenters. The summed E-state index contributed by atoms with van der Waals surface area (Å²) in [5.74, 6) is 1.44. The van der Waals surface area contributed by atoms with Crippen molar-refractivity contribution in [2.24, 2.45) is 4.99 Å². The van der Waals surface area contributed by atoms with E-state index in [1.54, 1.807) is 75.6 Å². The number of thiazole rings is 1. The van der Waals surface area contributed by atoms with Gasteiger partial charge in [-0.05, 0) is 61.9 Å². The molecule has 4 aromatic rings. The number of rotatable bonds is 10. The fourth-order valence-electron chi connectivity index (χ4n) is 4.97. The molecule has 9 nitrogen and oxygen atoms in total. The van der Waals surface area contributed by atoms with Gasteiger partial charge in [0.1, 0.15) is 24.1 Å². The van der Waals surface area contributed by atoms with Gasteiger partial charge in [-0.1, -0.05) is 46.7 Å². The SMILES string of the molecule is CCOC(=O)C1=C(C)N=c2s/c(=C\c3ccc(OCc4ccc(Cl)cc4Cl)c(OC)c3)c(=O)n2[C@@H]1c1ccc(OC)cc1OC. The van der Waals surface area contributed by atoms with Gasteiger partial charge in [0.05, 0.1) is 43.7 Å². The zero-order valence-electron chi connectivity index (χ0n) is 25.2. The normalized spacial score (nSPS) is 14.5. The Labute approximate surface area is 273 Å². The van der Waals surface area contributed by atoms with Gasteiger partial charge in [0.2, 0.25) is 0 Å². The summed E-state index contributed by atoms with van der Waals surface area (Å²) in [4.78, 5) is 32.4. The first-order valence-corrected chi connectivity index (χ1v) is 15.4. The van der Waals surface area contributed by atoms with E-state index in [1.165, 1.54) is 30.1 Å². The Bertz CT molecular complexity index is 1980. The first-order chi connectivity index (χ1) is 21.7. The van der Waals surface area contributed by atoms with Crippen LogP contribution in [0.4, 0.5) is 0 Å². The summed E-state index contributed by atoms with van der Waals surface area (Å²) in [5, 5.41) is 1.04. The Kier molecular flexibility index (Phi) is 9.86. The van der Waals surface area contributed by atoms with Crippen molar-refractivity contribution in [3.8, 4) is 23.0 Å². The second-order valence-corrected chi connectivity index (χ2v) is 11.7. The molecule has 0 spiro atoms. The molecule has 0 saturated heterocycles. The van der Waals surface area contributed by atoms with Crippen LogP contribution in [0.5, 0.6) is 23.0 Å². The first kappa shape index (κ1) is 32.2. The van der Waals surface area contributed by atoms with Gasteiger partial charge in [-0.25, -0.2) is 9.79 Å². The molecule has 12 heteroatoms. The maximum atomic E-state index is 14.1. The Hall–Kier alpha value is -4.25. The number of benzene rings is 3. The second kappa shape index (κ2) is 13.8. The van der Waals surface area contributed by atoms with E-state index in [-0.39, 0.29) is 24.3 Å². The second-order valence-electron chi connectivity index (χ2n) is 9.84. The van der Waals surface area contributed by atoms with Crippen LogP contribution in [0.1, 0.15) is 36.6 Å². The highest BCUT2D eigenvalue weighted by molar-refractivity contribution is 7.07. The minimum absolute atomic E-state index is 0.167. The molecule has 3 aromatic carbocycles. The highest BCUT2D eigenvalue weighted by Gasteiger charge is 2.35. The summed E-state index contributed by atoms with van der Waals surface area (Å²) in [5.41, 5.74) is 2.44. The van der Waals surface area contributed by atoms with Crippen LogP contribution in [0.15, 0.2) is 75.7 Å². The highest BCUT2D eigenvalue weighted by atomic mass is 35.5. The number of carbonyl (C=O) groups is 1. The lowest BCUT2D eigenvalue weighted by Gasteiger charge is -2.26. The van der Waals surface area contributed by atoms with Crippen molar-refractivity contribution in [2.75, 3.05) is 27.9 Å². The van der Waals surface area contributed by atoms with Crippen LogP contribution >= 0.6 is 34.5 Å². The van der Waals surface area contributed by atoms with Crippen LogP contribution in [0.2, 0.25) is 10.0 Å². The maximum Gasteiger partial charge on any atom is 0.338 e. The van der Waals surface area contributed by atoms with Gasteiger partial charge < -0.3 is 23.7 Å². The molecule has 2 heterocycles. The van der Waals surface area contributed by atoms with Crippen LogP contribution in [-0.4, -0.2) is 38.5 Å². The van der Waals surface area contributed by atoms with Crippen molar-refractivity contribution in [1.29, 1.82) is 0 Å². The molecule has 0 fully saturated rings. The Balaban J connectivity index is 1.57. The van der Waals surface area contributed by atoms with Crippen molar-refractivity contribution in [3.63, 3.8) is 0 Å². The van der Waals surface area contributed by atoms with Gasteiger partial charge in [-0.15, -0.1) is 0 Å². The van der Waals surface area contributed by atoms with E-state index in [2.05, 4.69) is 4.99 Å². The topological polar surface area (TPSA) is 97.6 Å². The molecule has 0 amide bonds. The molecule has 0 N–H and O–H groups in total. The zero-order chi connectivity index (χ0) is 32.2. The van der Waals surface area contributed by atoms with Gasteiger partial charge in [-0.2, -0.15) is 0 Å². The van der Waals surface area contributed by atoms with Crippen LogP contribution in [0.3, 0.4) is 0 Å². The molecule has 1 aromatic heterocycles. The van der Waals surface area contributed by atoms with Crippen molar-refractivity contribution in [1.82, 2.24) is 4.57 Å². The number of fused-ring (bicyclic) bond motifs is 1. The monoisotopic (exact) mass is 668 g/mol. The number of esters is 1. The van der Waals surface area contributed by atoms with Crippen molar-refractivity contribution in [3.05, 3.63) is 112 Å². The molecule has 1 aliphatic heterocycles. The first-order valence-electron chi connectivity index (χ1n) is 13.8. The van der Waals surface area contributed by atoms with E-state index in [9.17, 15) is 9.59 Å². The van der Waals surface area contributed by atoms with Gasteiger partial charge >= 0.3 is 5.97 Å². The molecule has 0 aliphatic carbocycles. The number of ether oxygens (including phenoxy) is 5. The number of halogens is 2. The molecule has 234 valence electrons. The molecule has 0 saturated carbocycles. The van der Waals surface area contributed by atoms with E-state index in [0.717, 1.165) is 5.56 Å². The molecule has 0 bridgehead atoms. The fourth-order valence-corrected chi connectivity index (χ4v) is 6.48. The van der Waals surface area contributed by atoms with Gasteiger partial charge in [-0.3, -0.25) is 9.36 Å². The Morgan fingerprint density at radius 2 is 1.76 bits per heavy atom. The minimum atomic E-state index is -0.840. The molecule has 0 radical (unpaired) electrons. The molecular formula is C33H30Cl2N2O7S. The number of aromatic nitrogens is 1.